The van der Waals surface area contributed by atoms with Gasteiger partial charge in [-0.1, -0.05) is 12.1 Å². The van der Waals surface area contributed by atoms with Gasteiger partial charge in [-0.15, -0.1) is 0 Å². The van der Waals surface area contributed by atoms with Gasteiger partial charge in [0.25, 0.3) is 0 Å². The lowest BCUT2D eigenvalue weighted by Crippen LogP contribution is -2.48. The van der Waals surface area contributed by atoms with E-state index in [1.165, 1.54) is 29.2 Å². The van der Waals surface area contributed by atoms with E-state index in [2.05, 4.69) is 0 Å². The summed E-state index contributed by atoms with van der Waals surface area (Å²) >= 11 is 0. The largest absolute Gasteiger partial charge is 0.416 e. The second-order valence-electron chi connectivity index (χ2n) is 5.97. The molecule has 1 heterocycles. The molecule has 1 aliphatic heterocycles. The molecular weight excluding hydrogens is 321 g/mol. The number of hydrogen-bond acceptors (Lipinski definition) is 2. The number of benzene rings is 1. The fourth-order valence-corrected chi connectivity index (χ4v) is 2.73. The summed E-state index contributed by atoms with van der Waals surface area (Å²) < 4.78 is 38.1. The van der Waals surface area contributed by atoms with E-state index in [1.54, 1.807) is 0 Å². The Morgan fingerprint density at radius 1 is 1.29 bits per heavy atom. The molecule has 24 heavy (non-hydrogen) atoms. The Hall–Kier alpha value is -2.31. The normalized spacial score (nSPS) is 21.9. The number of hydrogen-bond donors (Lipinski definition) is 1. The molecule has 0 radical (unpaired) electrons. The monoisotopic (exact) mass is 340 g/mol. The van der Waals surface area contributed by atoms with Crippen LogP contribution in [0.15, 0.2) is 30.3 Å². The number of amides is 2. The quantitative estimate of drug-likeness (QED) is 0.860. The third-order valence-electron chi connectivity index (χ3n) is 4.20. The molecule has 0 spiro atoms. The van der Waals surface area contributed by atoms with Gasteiger partial charge in [-0.2, -0.15) is 13.2 Å². The fourth-order valence-electron chi connectivity index (χ4n) is 2.73. The van der Waals surface area contributed by atoms with Crippen molar-refractivity contribution in [3.63, 3.8) is 0 Å². The molecule has 2 amide bonds. The van der Waals surface area contributed by atoms with E-state index in [0.29, 0.717) is 12.8 Å². The van der Waals surface area contributed by atoms with E-state index in [9.17, 15) is 22.8 Å². The molecule has 0 saturated carbocycles. The summed E-state index contributed by atoms with van der Waals surface area (Å²) in [4.78, 5) is 25.1. The zero-order valence-corrected chi connectivity index (χ0v) is 13.2. The van der Waals surface area contributed by atoms with Crippen molar-refractivity contribution in [2.75, 3.05) is 6.54 Å². The number of piperidine rings is 1. The minimum Gasteiger partial charge on any atom is -0.369 e. The summed E-state index contributed by atoms with van der Waals surface area (Å²) in [7, 11) is 0. The number of rotatable bonds is 3. The molecule has 0 aliphatic carbocycles. The van der Waals surface area contributed by atoms with E-state index in [0.717, 1.165) is 12.1 Å². The van der Waals surface area contributed by atoms with Crippen molar-refractivity contribution >= 4 is 17.9 Å². The van der Waals surface area contributed by atoms with Crippen LogP contribution >= 0.6 is 0 Å². The molecule has 7 heteroatoms. The maximum atomic E-state index is 12.7. The van der Waals surface area contributed by atoms with Crippen LogP contribution in [0.25, 0.3) is 6.08 Å². The van der Waals surface area contributed by atoms with Gasteiger partial charge < -0.3 is 10.6 Å². The molecule has 130 valence electrons. The van der Waals surface area contributed by atoms with Gasteiger partial charge in [0.05, 0.1) is 11.5 Å². The lowest BCUT2D eigenvalue weighted by Gasteiger charge is -2.36. The van der Waals surface area contributed by atoms with Crippen LogP contribution in [0.2, 0.25) is 0 Å². The van der Waals surface area contributed by atoms with Crippen molar-refractivity contribution in [1.82, 2.24) is 4.90 Å². The first-order chi connectivity index (χ1) is 11.2. The van der Waals surface area contributed by atoms with Gasteiger partial charge in [0.15, 0.2) is 0 Å². The topological polar surface area (TPSA) is 63.4 Å². The minimum atomic E-state index is -4.43. The molecule has 2 N–H and O–H groups in total. The van der Waals surface area contributed by atoms with Gasteiger partial charge in [-0.25, -0.2) is 0 Å². The number of carbonyl (C=O) groups excluding carboxylic acids is 2. The van der Waals surface area contributed by atoms with Gasteiger partial charge in [0.2, 0.25) is 11.8 Å². The van der Waals surface area contributed by atoms with Gasteiger partial charge in [-0.05, 0) is 43.5 Å². The smallest absolute Gasteiger partial charge is 0.369 e. The second-order valence-corrected chi connectivity index (χ2v) is 5.97. The summed E-state index contributed by atoms with van der Waals surface area (Å²) in [6.07, 6.45) is -0.550. The molecule has 4 nitrogen and oxygen atoms in total. The highest BCUT2D eigenvalue weighted by molar-refractivity contribution is 5.92. The number of nitrogens with zero attached hydrogens (tertiary/aromatic N) is 1. The molecule has 1 aromatic carbocycles. The van der Waals surface area contributed by atoms with Crippen molar-refractivity contribution in [2.45, 2.75) is 32.0 Å². The van der Waals surface area contributed by atoms with E-state index >= 15 is 0 Å². The van der Waals surface area contributed by atoms with Crippen molar-refractivity contribution in [2.24, 2.45) is 11.7 Å². The number of carbonyl (C=O) groups is 2. The molecular formula is C17H19F3N2O2. The molecule has 2 atom stereocenters. The summed E-state index contributed by atoms with van der Waals surface area (Å²) in [5, 5.41) is 0. The predicted molar refractivity (Wildman–Crippen MR) is 83.6 cm³/mol. The number of nitrogens with two attached hydrogens (primary N) is 1. The number of likely N-dealkylation sites (tertiary alicyclic amines) is 1. The highest BCUT2D eigenvalue weighted by Crippen LogP contribution is 2.29. The Kier molecular flexibility index (Phi) is 5.31. The SMILES string of the molecule is C[C@@H]1CC[C@H](C(N)=O)CN1C(=O)/C=C\c1cccc(C(F)(F)F)c1. The summed E-state index contributed by atoms with van der Waals surface area (Å²) in [5.41, 5.74) is 4.82. The van der Waals surface area contributed by atoms with Gasteiger partial charge in [-0.3, -0.25) is 9.59 Å². The second kappa shape index (κ2) is 7.07. The first kappa shape index (κ1) is 18.0. The molecule has 2 rings (SSSR count). The predicted octanol–water partition coefficient (Wildman–Crippen LogP) is 2.83. The average Bonchev–Trinajstić information content (AvgIpc) is 2.52. The van der Waals surface area contributed by atoms with Crippen LogP contribution in [0.3, 0.4) is 0 Å². The Labute approximate surface area is 138 Å². The van der Waals surface area contributed by atoms with Crippen molar-refractivity contribution in [1.29, 1.82) is 0 Å². The van der Waals surface area contributed by atoms with Crippen LogP contribution in [0.5, 0.6) is 0 Å². The third kappa shape index (κ3) is 4.37. The third-order valence-corrected chi connectivity index (χ3v) is 4.20. The Balaban J connectivity index is 2.11. The maximum Gasteiger partial charge on any atom is 0.416 e. The summed E-state index contributed by atoms with van der Waals surface area (Å²) in [5.74, 6) is -1.17. The molecule has 1 saturated heterocycles. The molecule has 0 unspecified atom stereocenters. The molecule has 1 fully saturated rings. The van der Waals surface area contributed by atoms with Crippen LogP contribution < -0.4 is 5.73 Å². The van der Waals surface area contributed by atoms with E-state index in [1.807, 2.05) is 6.92 Å². The van der Waals surface area contributed by atoms with Gasteiger partial charge >= 0.3 is 6.18 Å². The summed E-state index contributed by atoms with van der Waals surface area (Å²) in [6, 6.07) is 4.70. The maximum absolute atomic E-state index is 12.7. The lowest BCUT2D eigenvalue weighted by atomic mass is 9.93. The number of primary amides is 1. The van der Waals surface area contributed by atoms with E-state index < -0.39 is 17.6 Å². The van der Waals surface area contributed by atoms with Crippen LogP contribution in [0, 0.1) is 5.92 Å². The zero-order valence-electron chi connectivity index (χ0n) is 13.2. The fraction of sp³-hybridized carbons (Fsp3) is 0.412. The van der Waals surface area contributed by atoms with Crippen molar-refractivity contribution in [3.05, 3.63) is 41.5 Å². The van der Waals surface area contributed by atoms with E-state index in [-0.39, 0.29) is 30.0 Å². The first-order valence-electron chi connectivity index (χ1n) is 7.63. The number of halogens is 3. The summed E-state index contributed by atoms with van der Waals surface area (Å²) in [6.45, 7) is 2.11. The Morgan fingerprint density at radius 2 is 2.00 bits per heavy atom. The molecule has 0 aromatic heterocycles. The van der Waals surface area contributed by atoms with Crippen LogP contribution in [0.1, 0.15) is 30.9 Å². The minimum absolute atomic E-state index is 0.0424. The van der Waals surface area contributed by atoms with E-state index in [4.69, 9.17) is 5.73 Å². The van der Waals surface area contributed by atoms with Crippen molar-refractivity contribution < 1.29 is 22.8 Å². The van der Waals surface area contributed by atoms with Crippen LogP contribution in [0.4, 0.5) is 13.2 Å². The van der Waals surface area contributed by atoms with Gasteiger partial charge in [0.1, 0.15) is 0 Å². The molecule has 1 aromatic rings. The standard InChI is InChI=1S/C17H19F3N2O2/c1-11-5-7-13(16(21)24)10-22(11)15(23)8-6-12-3-2-4-14(9-12)17(18,19)20/h2-4,6,8-9,11,13H,5,7,10H2,1H3,(H2,21,24)/b8-6-/t11-,13+/m1/s1. The Morgan fingerprint density at radius 3 is 2.62 bits per heavy atom. The lowest BCUT2D eigenvalue weighted by molar-refractivity contribution is -0.137. The average molecular weight is 340 g/mol. The van der Waals surface area contributed by atoms with Crippen LogP contribution in [-0.2, 0) is 15.8 Å². The molecule has 1 aliphatic rings. The molecule has 0 bridgehead atoms. The van der Waals surface area contributed by atoms with Crippen LogP contribution in [-0.4, -0.2) is 29.3 Å². The Bertz CT molecular complexity index is 655. The highest BCUT2D eigenvalue weighted by atomic mass is 19.4. The number of alkyl halides is 3. The first-order valence-corrected chi connectivity index (χ1v) is 7.63. The van der Waals surface area contributed by atoms with Gasteiger partial charge in [0, 0.05) is 18.7 Å². The van der Waals surface area contributed by atoms with Crippen molar-refractivity contribution in [3.8, 4) is 0 Å². The highest BCUT2D eigenvalue weighted by Gasteiger charge is 2.31. The zero-order chi connectivity index (χ0) is 17.9.